The molecule has 0 aliphatic carbocycles. The van der Waals surface area contributed by atoms with Crippen LogP contribution in [0.1, 0.15) is 23.7 Å². The monoisotopic (exact) mass is 362 g/mol. The summed E-state index contributed by atoms with van der Waals surface area (Å²) in [6.45, 7) is 2.23. The van der Waals surface area contributed by atoms with Crippen molar-refractivity contribution in [2.75, 3.05) is 11.9 Å². The summed E-state index contributed by atoms with van der Waals surface area (Å²) in [5.74, 6) is -1.36. The number of anilines is 1. The van der Waals surface area contributed by atoms with Gasteiger partial charge in [0.25, 0.3) is 0 Å². The van der Waals surface area contributed by atoms with Crippen LogP contribution < -0.4 is 11.1 Å². The van der Waals surface area contributed by atoms with Crippen LogP contribution in [0.15, 0.2) is 18.2 Å². The third-order valence-corrected chi connectivity index (χ3v) is 3.08. The van der Waals surface area contributed by atoms with Gasteiger partial charge in [-0.3, -0.25) is 4.79 Å². The van der Waals surface area contributed by atoms with Crippen LogP contribution in [-0.4, -0.2) is 23.5 Å². The molecule has 1 rings (SSSR count). The summed E-state index contributed by atoms with van der Waals surface area (Å²) in [5.41, 5.74) is 6.04. The highest BCUT2D eigenvalue weighted by Crippen LogP contribution is 2.18. The highest BCUT2D eigenvalue weighted by molar-refractivity contribution is 14.1. The van der Waals surface area contributed by atoms with Gasteiger partial charge < -0.3 is 16.2 Å². The minimum Gasteiger partial charge on any atom is -0.478 e. The predicted molar refractivity (Wildman–Crippen MR) is 77.6 cm³/mol. The SMILES string of the molecule is CC(CCN)C(=O)Nc1cc(I)cc(C(=O)O)c1. The van der Waals surface area contributed by atoms with Crippen LogP contribution in [0.25, 0.3) is 0 Å². The van der Waals surface area contributed by atoms with E-state index in [-0.39, 0.29) is 17.4 Å². The lowest BCUT2D eigenvalue weighted by Crippen LogP contribution is -2.22. The minimum atomic E-state index is -1.01. The molecule has 0 saturated carbocycles. The largest absolute Gasteiger partial charge is 0.478 e. The van der Waals surface area contributed by atoms with E-state index in [0.29, 0.717) is 18.7 Å². The van der Waals surface area contributed by atoms with Crippen LogP contribution in [-0.2, 0) is 4.79 Å². The highest BCUT2D eigenvalue weighted by atomic mass is 127. The van der Waals surface area contributed by atoms with Gasteiger partial charge in [-0.05, 0) is 53.8 Å². The van der Waals surface area contributed by atoms with Crippen molar-refractivity contribution in [3.63, 3.8) is 0 Å². The van der Waals surface area contributed by atoms with Crippen molar-refractivity contribution in [3.8, 4) is 0 Å². The highest BCUT2D eigenvalue weighted by Gasteiger charge is 2.13. The quantitative estimate of drug-likeness (QED) is 0.698. The second kappa shape index (κ2) is 6.69. The number of carboxylic acid groups (broad SMARTS) is 1. The van der Waals surface area contributed by atoms with Crippen LogP contribution >= 0.6 is 22.6 Å². The molecule has 0 fully saturated rings. The molecule has 0 radical (unpaired) electrons. The Bertz CT molecular complexity index is 463. The van der Waals surface area contributed by atoms with Gasteiger partial charge >= 0.3 is 5.97 Å². The summed E-state index contributed by atoms with van der Waals surface area (Å²) in [5, 5.41) is 11.6. The van der Waals surface area contributed by atoms with E-state index < -0.39 is 5.97 Å². The molecule has 0 heterocycles. The molecule has 0 spiro atoms. The van der Waals surface area contributed by atoms with Crippen molar-refractivity contribution in [2.45, 2.75) is 13.3 Å². The van der Waals surface area contributed by atoms with Gasteiger partial charge in [0.15, 0.2) is 0 Å². The number of hydrogen-bond donors (Lipinski definition) is 3. The lowest BCUT2D eigenvalue weighted by atomic mass is 10.1. The first-order valence-electron chi connectivity index (χ1n) is 5.49. The molecule has 0 saturated heterocycles. The maximum absolute atomic E-state index is 11.8. The number of halogens is 1. The Labute approximate surface area is 119 Å². The number of carbonyl (C=O) groups excluding carboxylic acids is 1. The molecule has 0 aliphatic rings. The molecule has 18 heavy (non-hydrogen) atoms. The third-order valence-electron chi connectivity index (χ3n) is 2.46. The van der Waals surface area contributed by atoms with Crippen LogP contribution in [0, 0.1) is 9.49 Å². The zero-order chi connectivity index (χ0) is 13.7. The normalized spacial score (nSPS) is 11.9. The number of carbonyl (C=O) groups is 2. The number of aromatic carboxylic acids is 1. The van der Waals surface area contributed by atoms with Crippen molar-refractivity contribution in [2.24, 2.45) is 11.7 Å². The van der Waals surface area contributed by atoms with Crippen LogP contribution in [0.4, 0.5) is 5.69 Å². The van der Waals surface area contributed by atoms with Crippen LogP contribution in [0.5, 0.6) is 0 Å². The van der Waals surface area contributed by atoms with E-state index >= 15 is 0 Å². The predicted octanol–water partition coefficient (Wildman–Crippen LogP) is 1.91. The number of nitrogens with one attached hydrogen (secondary N) is 1. The topological polar surface area (TPSA) is 92.4 Å². The van der Waals surface area contributed by atoms with Gasteiger partial charge in [-0.2, -0.15) is 0 Å². The van der Waals surface area contributed by atoms with Crippen LogP contribution in [0.3, 0.4) is 0 Å². The molecular weight excluding hydrogens is 347 g/mol. The van der Waals surface area contributed by atoms with Gasteiger partial charge in [0.2, 0.25) is 5.91 Å². The molecule has 0 bridgehead atoms. The second-order valence-corrected chi connectivity index (χ2v) is 5.25. The number of benzene rings is 1. The Balaban J connectivity index is 2.84. The molecule has 5 nitrogen and oxygen atoms in total. The fourth-order valence-corrected chi connectivity index (χ4v) is 2.10. The summed E-state index contributed by atoms with van der Waals surface area (Å²) in [7, 11) is 0. The summed E-state index contributed by atoms with van der Waals surface area (Å²) < 4.78 is 0.759. The van der Waals surface area contributed by atoms with E-state index in [0.717, 1.165) is 3.57 Å². The Morgan fingerprint density at radius 3 is 2.67 bits per heavy atom. The van der Waals surface area contributed by atoms with E-state index in [1.165, 1.54) is 6.07 Å². The first-order valence-corrected chi connectivity index (χ1v) is 6.56. The van der Waals surface area contributed by atoms with Gasteiger partial charge in [0.05, 0.1) is 5.56 Å². The Hall–Kier alpha value is -1.15. The van der Waals surface area contributed by atoms with E-state index in [1.54, 1.807) is 19.1 Å². The average molecular weight is 362 g/mol. The number of rotatable bonds is 5. The second-order valence-electron chi connectivity index (χ2n) is 4.00. The molecule has 98 valence electrons. The van der Waals surface area contributed by atoms with Crippen molar-refractivity contribution < 1.29 is 14.7 Å². The molecule has 6 heteroatoms. The standard InChI is InChI=1S/C12H15IN2O3/c1-7(2-3-14)11(16)15-10-5-8(12(17)18)4-9(13)6-10/h4-7H,2-3,14H2,1H3,(H,15,16)(H,17,18). The maximum Gasteiger partial charge on any atom is 0.335 e. The molecule has 1 aromatic rings. The number of hydrogen-bond acceptors (Lipinski definition) is 3. The number of nitrogens with two attached hydrogens (primary N) is 1. The first-order chi connectivity index (χ1) is 8.43. The van der Waals surface area contributed by atoms with E-state index in [9.17, 15) is 9.59 Å². The van der Waals surface area contributed by atoms with Crippen molar-refractivity contribution in [1.82, 2.24) is 0 Å². The Kier molecular flexibility index (Phi) is 5.54. The molecule has 1 amide bonds. The lowest BCUT2D eigenvalue weighted by molar-refractivity contribution is -0.119. The smallest absolute Gasteiger partial charge is 0.335 e. The first kappa shape index (κ1) is 14.9. The van der Waals surface area contributed by atoms with Gasteiger partial charge in [0, 0.05) is 15.2 Å². The van der Waals surface area contributed by atoms with E-state index in [1.807, 2.05) is 22.6 Å². The summed E-state index contributed by atoms with van der Waals surface area (Å²) in [6.07, 6.45) is 0.599. The maximum atomic E-state index is 11.8. The molecule has 0 aromatic heterocycles. The summed E-state index contributed by atoms with van der Waals surface area (Å²) in [6, 6.07) is 4.71. The number of amides is 1. The van der Waals surface area contributed by atoms with E-state index in [4.69, 9.17) is 10.8 Å². The fourth-order valence-electron chi connectivity index (χ4n) is 1.43. The molecule has 0 aliphatic heterocycles. The Morgan fingerprint density at radius 2 is 2.11 bits per heavy atom. The third kappa shape index (κ3) is 4.26. The molecule has 1 unspecified atom stereocenters. The number of carboxylic acids is 1. The van der Waals surface area contributed by atoms with Crippen molar-refractivity contribution >= 4 is 40.2 Å². The minimum absolute atomic E-state index is 0.154. The van der Waals surface area contributed by atoms with Gasteiger partial charge in [-0.15, -0.1) is 0 Å². The summed E-state index contributed by atoms with van der Waals surface area (Å²) >= 11 is 2.01. The van der Waals surface area contributed by atoms with Gasteiger partial charge in [-0.1, -0.05) is 6.92 Å². The zero-order valence-electron chi connectivity index (χ0n) is 9.94. The zero-order valence-corrected chi connectivity index (χ0v) is 12.1. The van der Waals surface area contributed by atoms with Gasteiger partial charge in [0.1, 0.15) is 0 Å². The molecular formula is C12H15IN2O3. The molecule has 4 N–H and O–H groups in total. The van der Waals surface area contributed by atoms with Crippen LogP contribution in [0.2, 0.25) is 0 Å². The van der Waals surface area contributed by atoms with Crippen molar-refractivity contribution in [3.05, 3.63) is 27.3 Å². The summed E-state index contributed by atoms with van der Waals surface area (Å²) in [4.78, 5) is 22.7. The molecule has 1 aromatic carbocycles. The average Bonchev–Trinajstić information content (AvgIpc) is 2.28. The Morgan fingerprint density at radius 1 is 1.44 bits per heavy atom. The van der Waals surface area contributed by atoms with Crippen molar-refractivity contribution in [1.29, 1.82) is 0 Å². The fraction of sp³-hybridized carbons (Fsp3) is 0.333. The van der Waals surface area contributed by atoms with E-state index in [2.05, 4.69) is 5.32 Å². The van der Waals surface area contributed by atoms with Gasteiger partial charge in [-0.25, -0.2) is 4.79 Å². The molecule has 1 atom stereocenters. The lowest BCUT2D eigenvalue weighted by Gasteiger charge is -2.11.